The van der Waals surface area contributed by atoms with Crippen molar-refractivity contribution in [1.82, 2.24) is 15.5 Å². The predicted molar refractivity (Wildman–Crippen MR) is 159 cm³/mol. The minimum atomic E-state index is -0.436. The molecule has 0 aliphatic carbocycles. The number of ether oxygens (including phenoxy) is 1. The number of piperazine rings is 1. The molecule has 0 spiro atoms. The Morgan fingerprint density at radius 1 is 1.20 bits per heavy atom. The van der Waals surface area contributed by atoms with Crippen molar-refractivity contribution in [1.29, 1.82) is 0 Å². The number of nitrogens with zero attached hydrogens (tertiary/aromatic N) is 3. The number of methoxy groups -OCH3 is 1. The topological polar surface area (TPSA) is 107 Å². The Kier molecular flexibility index (Phi) is 11.1. The molecule has 1 fully saturated rings. The number of anilines is 1. The largest absolute Gasteiger partial charge is 0.494 e. The molecule has 1 heterocycles. The first-order valence-electron chi connectivity index (χ1n) is 13.1. The van der Waals surface area contributed by atoms with Gasteiger partial charge in [-0.05, 0) is 74.7 Å². The molecule has 3 N–H and O–H groups in total. The fraction of sp³-hybridized carbons (Fsp3) is 0.333. The second kappa shape index (κ2) is 14.7. The number of nitrogens with one attached hydrogen (secondary N) is 3. The third kappa shape index (κ3) is 8.60. The molecule has 212 valence electrons. The first-order valence-corrected chi connectivity index (χ1v) is 13.1. The molecule has 2 amide bonds. The Bertz CT molecular complexity index is 1350. The van der Waals surface area contributed by atoms with Gasteiger partial charge in [0.25, 0.3) is 5.91 Å². The molecule has 0 atom stereocenters. The van der Waals surface area contributed by atoms with Crippen molar-refractivity contribution >= 4 is 34.6 Å². The fourth-order valence-electron chi connectivity index (χ4n) is 4.04. The molecule has 0 unspecified atom stereocenters. The number of hydrogen-bond acceptors (Lipinski definition) is 6. The molecular weight excluding hydrogens is 511 g/mol. The lowest BCUT2D eigenvalue weighted by Crippen LogP contribution is -2.49. The van der Waals surface area contributed by atoms with Gasteiger partial charge in [-0.25, -0.2) is 9.38 Å². The molecule has 2 aromatic carbocycles. The Morgan fingerprint density at radius 3 is 2.67 bits per heavy atom. The van der Waals surface area contributed by atoms with Crippen LogP contribution in [0.15, 0.2) is 64.9 Å². The first kappa shape index (κ1) is 30.2. The molecule has 0 aromatic heterocycles. The number of halogens is 1. The summed E-state index contributed by atoms with van der Waals surface area (Å²) in [6.07, 6.45) is 5.14. The number of allylic oxidation sites excluding steroid dienone is 2. The summed E-state index contributed by atoms with van der Waals surface area (Å²) < 4.78 is 19.1. The van der Waals surface area contributed by atoms with Gasteiger partial charge in [-0.15, -0.1) is 0 Å². The lowest BCUT2D eigenvalue weighted by atomic mass is 10.1. The maximum atomic E-state index is 14.1. The highest BCUT2D eigenvalue weighted by atomic mass is 19.1. The Balaban J connectivity index is 1.67. The maximum Gasteiger partial charge on any atom is 0.251 e. The summed E-state index contributed by atoms with van der Waals surface area (Å²) >= 11 is 0. The molecule has 0 bridgehead atoms. The second-order valence-electron chi connectivity index (χ2n) is 9.37. The average molecular weight is 549 g/mol. The number of hydrogen-bond donors (Lipinski definition) is 3. The van der Waals surface area contributed by atoms with E-state index in [2.05, 4.69) is 25.9 Å². The van der Waals surface area contributed by atoms with Gasteiger partial charge < -0.3 is 20.7 Å². The van der Waals surface area contributed by atoms with Crippen LogP contribution in [0.4, 0.5) is 10.1 Å². The number of carbonyl (C=O) groups is 2. The van der Waals surface area contributed by atoms with E-state index < -0.39 is 5.82 Å². The van der Waals surface area contributed by atoms with Gasteiger partial charge in [-0.3, -0.25) is 19.5 Å². The zero-order chi connectivity index (χ0) is 29.1. The SMILES string of the molecule is C/C=C\N=C(Nc1ccc(C(=O)NCCN2CCNC(=O)C2)c(C)c1)C(C)=N/C=C(\C)c1ccc(OC)c(F)c1. The van der Waals surface area contributed by atoms with Crippen molar-refractivity contribution < 1.29 is 18.7 Å². The molecule has 1 saturated heterocycles. The molecular formula is C30H37FN6O3. The number of aryl methyl sites for hydroxylation is 1. The van der Waals surface area contributed by atoms with Crippen molar-refractivity contribution in [2.75, 3.05) is 45.2 Å². The van der Waals surface area contributed by atoms with Crippen LogP contribution in [-0.4, -0.2) is 68.1 Å². The van der Waals surface area contributed by atoms with Crippen LogP contribution in [0.1, 0.15) is 42.3 Å². The number of aliphatic imine (C=N–C) groups is 2. The molecule has 0 radical (unpaired) electrons. The van der Waals surface area contributed by atoms with Gasteiger partial charge in [-0.1, -0.05) is 12.1 Å². The van der Waals surface area contributed by atoms with Crippen LogP contribution in [0.2, 0.25) is 0 Å². The van der Waals surface area contributed by atoms with Crippen LogP contribution >= 0.6 is 0 Å². The van der Waals surface area contributed by atoms with E-state index in [9.17, 15) is 14.0 Å². The van der Waals surface area contributed by atoms with Gasteiger partial charge >= 0.3 is 0 Å². The Hall–Kier alpha value is -4.31. The predicted octanol–water partition coefficient (Wildman–Crippen LogP) is 4.17. The molecule has 2 aromatic rings. The van der Waals surface area contributed by atoms with E-state index in [4.69, 9.17) is 4.74 Å². The van der Waals surface area contributed by atoms with E-state index in [1.807, 2.05) is 50.8 Å². The van der Waals surface area contributed by atoms with Gasteiger partial charge in [-0.2, -0.15) is 0 Å². The van der Waals surface area contributed by atoms with Crippen LogP contribution in [0, 0.1) is 12.7 Å². The average Bonchev–Trinajstić information content (AvgIpc) is 2.93. The Labute approximate surface area is 234 Å². The highest BCUT2D eigenvalue weighted by molar-refractivity contribution is 6.45. The number of amides is 2. The molecule has 1 aliphatic heterocycles. The van der Waals surface area contributed by atoms with Crippen molar-refractivity contribution in [3.63, 3.8) is 0 Å². The van der Waals surface area contributed by atoms with Crippen LogP contribution in [0.5, 0.6) is 5.75 Å². The monoisotopic (exact) mass is 548 g/mol. The van der Waals surface area contributed by atoms with Crippen molar-refractivity contribution in [3.8, 4) is 5.75 Å². The number of amidine groups is 1. The third-order valence-corrected chi connectivity index (χ3v) is 6.32. The smallest absolute Gasteiger partial charge is 0.251 e. The van der Waals surface area contributed by atoms with Crippen LogP contribution in [-0.2, 0) is 4.79 Å². The minimum Gasteiger partial charge on any atom is -0.494 e. The van der Waals surface area contributed by atoms with E-state index in [0.29, 0.717) is 48.9 Å². The molecule has 3 rings (SSSR count). The number of rotatable bonds is 10. The third-order valence-electron chi connectivity index (χ3n) is 6.32. The van der Waals surface area contributed by atoms with Crippen molar-refractivity contribution in [2.24, 2.45) is 9.98 Å². The maximum absolute atomic E-state index is 14.1. The molecule has 10 heteroatoms. The fourth-order valence-corrected chi connectivity index (χ4v) is 4.04. The van der Waals surface area contributed by atoms with E-state index in [0.717, 1.165) is 23.4 Å². The summed E-state index contributed by atoms with van der Waals surface area (Å²) in [7, 11) is 1.43. The van der Waals surface area contributed by atoms with E-state index >= 15 is 0 Å². The lowest BCUT2D eigenvalue weighted by molar-refractivity contribution is -0.124. The summed E-state index contributed by atoms with van der Waals surface area (Å²) in [5.74, 6) is 0.127. The van der Waals surface area contributed by atoms with Gasteiger partial charge in [0.05, 0.1) is 19.4 Å². The van der Waals surface area contributed by atoms with Crippen LogP contribution in [0.3, 0.4) is 0 Å². The molecule has 1 aliphatic rings. The quantitative estimate of drug-likeness (QED) is 0.305. The highest BCUT2D eigenvalue weighted by Crippen LogP contribution is 2.22. The van der Waals surface area contributed by atoms with Crippen LogP contribution in [0.25, 0.3) is 5.57 Å². The van der Waals surface area contributed by atoms with E-state index in [-0.39, 0.29) is 17.6 Å². The van der Waals surface area contributed by atoms with E-state index in [1.165, 1.54) is 13.2 Å². The molecule has 40 heavy (non-hydrogen) atoms. The van der Waals surface area contributed by atoms with Crippen LogP contribution < -0.4 is 20.7 Å². The molecule has 0 saturated carbocycles. The van der Waals surface area contributed by atoms with Gasteiger partial charge in [0.15, 0.2) is 17.4 Å². The zero-order valence-corrected chi connectivity index (χ0v) is 23.7. The zero-order valence-electron chi connectivity index (χ0n) is 23.7. The van der Waals surface area contributed by atoms with Gasteiger partial charge in [0.1, 0.15) is 0 Å². The number of benzene rings is 2. The normalized spacial score (nSPS) is 15.2. The standard InChI is InChI=1S/C30H37FN6O3/c1-6-11-33-29(22(4)35-18-21(3)23-7-10-27(40-5)26(31)17-23)36-24-8-9-25(20(2)16-24)30(39)34-13-15-37-14-12-32-28(38)19-37/h6-11,16-18H,12-15,19H2,1-5H3,(H,32,38)(H,33,36)(H,34,39)/b11-6-,21-18+,35-22?. The van der Waals surface area contributed by atoms with E-state index in [1.54, 1.807) is 30.6 Å². The lowest BCUT2D eigenvalue weighted by Gasteiger charge is -2.26. The summed E-state index contributed by atoms with van der Waals surface area (Å²) in [5, 5.41) is 9.01. The van der Waals surface area contributed by atoms with Gasteiger partial charge in [0.2, 0.25) is 5.91 Å². The summed E-state index contributed by atoms with van der Waals surface area (Å²) in [5.41, 5.74) is 4.23. The molecule has 9 nitrogen and oxygen atoms in total. The number of carbonyl (C=O) groups excluding carboxylic acids is 2. The second-order valence-corrected chi connectivity index (χ2v) is 9.37. The minimum absolute atomic E-state index is 0.00733. The van der Waals surface area contributed by atoms with Crippen molar-refractivity contribution in [2.45, 2.75) is 27.7 Å². The first-order chi connectivity index (χ1) is 19.2. The van der Waals surface area contributed by atoms with Gasteiger partial charge in [0, 0.05) is 49.8 Å². The highest BCUT2D eigenvalue weighted by Gasteiger charge is 2.16. The van der Waals surface area contributed by atoms with Crippen molar-refractivity contribution in [3.05, 3.63) is 77.4 Å². The summed E-state index contributed by atoms with van der Waals surface area (Å²) in [4.78, 5) is 35.3. The Morgan fingerprint density at radius 2 is 2.00 bits per heavy atom. The summed E-state index contributed by atoms with van der Waals surface area (Å²) in [6.45, 7) is 10.2. The summed E-state index contributed by atoms with van der Waals surface area (Å²) in [6, 6.07) is 10.2.